The van der Waals surface area contributed by atoms with Crippen molar-refractivity contribution < 1.29 is 49.1 Å². The maximum Gasteiger partial charge on any atom is 0.353 e. The maximum absolute atomic E-state index is 14.0. The van der Waals surface area contributed by atoms with Crippen LogP contribution >= 0.6 is 11.8 Å². The zero-order chi connectivity index (χ0) is 37.3. The Morgan fingerprint density at radius 2 is 1.69 bits per heavy atom. The molecule has 14 nitrogen and oxygen atoms in total. The molecule has 0 unspecified atom stereocenters. The molecule has 1 fully saturated rings. The summed E-state index contributed by atoms with van der Waals surface area (Å²) in [6.45, 7) is 0. The molecule has 0 saturated heterocycles. The fourth-order valence-corrected chi connectivity index (χ4v) is 10.6. The smallest absolute Gasteiger partial charge is 0.353 e. The van der Waals surface area contributed by atoms with Gasteiger partial charge in [0.2, 0.25) is 23.8 Å². The minimum Gasteiger partial charge on any atom is -0.478 e. The second-order valence-corrected chi connectivity index (χ2v) is 16.1. The number of carbonyl (C=O) groups is 5. The fraction of sp³-hybridized carbons (Fsp3) is 0.568. The first-order valence-electron chi connectivity index (χ1n) is 17.9. The molecule has 2 heterocycles. The summed E-state index contributed by atoms with van der Waals surface area (Å²) in [7, 11) is 0. The van der Waals surface area contributed by atoms with Crippen LogP contribution in [0.1, 0.15) is 82.6 Å². The van der Waals surface area contributed by atoms with Crippen molar-refractivity contribution in [3.05, 3.63) is 65.2 Å². The van der Waals surface area contributed by atoms with Gasteiger partial charge in [0, 0.05) is 36.4 Å². The van der Waals surface area contributed by atoms with Crippen LogP contribution in [0.2, 0.25) is 0 Å². The summed E-state index contributed by atoms with van der Waals surface area (Å²) in [6.07, 6.45) is 16.2. The SMILES string of the molecule is N[C@@](O)(CCC(=O)N[C@@H](CS[C@@]12C=C[C@@]3(CCCCCC14CCCC4)CC(Cc1ccncc1)=C[C@@H]1C(=O)OC2=C13)C(=O)N[C@@H](O)C(=O)O)C(=O)O. The van der Waals surface area contributed by atoms with E-state index in [2.05, 4.69) is 22.5 Å². The number of ether oxygens (including phenoxy) is 1. The molecule has 5 aliphatic rings. The van der Waals surface area contributed by atoms with Crippen molar-refractivity contribution in [2.45, 2.75) is 106 Å². The Bertz CT molecular complexity index is 1700. The van der Waals surface area contributed by atoms with Crippen molar-refractivity contribution in [3.8, 4) is 0 Å². The van der Waals surface area contributed by atoms with E-state index in [4.69, 9.17) is 15.6 Å². The van der Waals surface area contributed by atoms with Crippen LogP contribution < -0.4 is 16.4 Å². The monoisotopic (exact) mass is 738 g/mol. The summed E-state index contributed by atoms with van der Waals surface area (Å²) in [4.78, 5) is 67.4. The van der Waals surface area contributed by atoms with Crippen molar-refractivity contribution in [2.24, 2.45) is 22.5 Å². The number of carboxylic acids is 2. The molecule has 2 spiro atoms. The van der Waals surface area contributed by atoms with Crippen LogP contribution in [0.5, 0.6) is 0 Å². The van der Waals surface area contributed by atoms with Gasteiger partial charge in [-0.3, -0.25) is 25.1 Å². The summed E-state index contributed by atoms with van der Waals surface area (Å²) in [6, 6.07) is 2.55. The van der Waals surface area contributed by atoms with Crippen LogP contribution in [-0.2, 0) is 35.1 Å². The van der Waals surface area contributed by atoms with E-state index in [1.165, 1.54) is 11.8 Å². The number of nitrogens with one attached hydrogen (secondary N) is 2. The van der Waals surface area contributed by atoms with Crippen molar-refractivity contribution in [1.82, 2.24) is 15.6 Å². The van der Waals surface area contributed by atoms with Gasteiger partial charge < -0.3 is 35.8 Å². The minimum absolute atomic E-state index is 0.114. The number of nitrogens with two attached hydrogens (primary N) is 1. The van der Waals surface area contributed by atoms with Crippen LogP contribution in [0.4, 0.5) is 0 Å². The molecule has 52 heavy (non-hydrogen) atoms. The molecule has 280 valence electrons. The van der Waals surface area contributed by atoms with E-state index in [9.17, 15) is 39.3 Å². The highest BCUT2D eigenvalue weighted by Crippen LogP contribution is 2.67. The number of esters is 1. The molecule has 4 aliphatic carbocycles. The summed E-state index contributed by atoms with van der Waals surface area (Å²) >= 11 is 1.35. The summed E-state index contributed by atoms with van der Waals surface area (Å²) < 4.78 is 5.50. The zero-order valence-electron chi connectivity index (χ0n) is 28.8. The molecule has 0 aromatic carbocycles. The molecule has 1 aromatic heterocycles. The predicted molar refractivity (Wildman–Crippen MR) is 188 cm³/mol. The van der Waals surface area contributed by atoms with E-state index < -0.39 is 70.7 Å². The normalized spacial score (nSPS) is 28.2. The largest absolute Gasteiger partial charge is 0.478 e. The molecular weight excluding hydrogens is 692 g/mol. The number of aliphatic carboxylic acids is 2. The number of thioether (sulfide) groups is 1. The van der Waals surface area contributed by atoms with E-state index >= 15 is 0 Å². The first kappa shape index (κ1) is 37.7. The number of carbonyl (C=O) groups excluding carboxylic acids is 3. The van der Waals surface area contributed by atoms with Gasteiger partial charge in [0.1, 0.15) is 17.7 Å². The lowest BCUT2D eigenvalue weighted by molar-refractivity contribution is -0.159. The van der Waals surface area contributed by atoms with Gasteiger partial charge in [-0.2, -0.15) is 0 Å². The number of pyridine rings is 1. The number of allylic oxidation sites excluding steroid dienone is 2. The lowest BCUT2D eigenvalue weighted by Gasteiger charge is -2.53. The van der Waals surface area contributed by atoms with Crippen LogP contribution in [-0.4, -0.2) is 83.6 Å². The number of hydrogen-bond acceptors (Lipinski definition) is 11. The number of fused-ring (bicyclic) bond motifs is 3. The van der Waals surface area contributed by atoms with E-state index in [0.717, 1.165) is 80.9 Å². The highest BCUT2D eigenvalue weighted by atomic mass is 32.2. The molecule has 1 saturated carbocycles. The highest BCUT2D eigenvalue weighted by Gasteiger charge is 2.63. The third-order valence-corrected chi connectivity index (χ3v) is 13.2. The van der Waals surface area contributed by atoms with Gasteiger partial charge in [0.05, 0.1) is 4.75 Å². The van der Waals surface area contributed by atoms with Gasteiger partial charge in [-0.15, -0.1) is 11.8 Å². The third-order valence-electron chi connectivity index (χ3n) is 11.5. The molecule has 6 rings (SSSR count). The quantitative estimate of drug-likeness (QED) is 0.0876. The van der Waals surface area contributed by atoms with Gasteiger partial charge >= 0.3 is 17.9 Å². The molecule has 6 atom stereocenters. The van der Waals surface area contributed by atoms with Crippen LogP contribution in [0, 0.1) is 16.7 Å². The molecule has 1 aromatic rings. The van der Waals surface area contributed by atoms with Gasteiger partial charge in [0.25, 0.3) is 0 Å². The molecule has 8 N–H and O–H groups in total. The second-order valence-electron chi connectivity index (χ2n) is 14.9. The summed E-state index contributed by atoms with van der Waals surface area (Å²) in [5, 5.41) is 42.9. The predicted octanol–water partition coefficient (Wildman–Crippen LogP) is 2.45. The van der Waals surface area contributed by atoms with E-state index in [-0.39, 0.29) is 17.1 Å². The van der Waals surface area contributed by atoms with Crippen molar-refractivity contribution in [1.29, 1.82) is 0 Å². The number of aliphatic hydroxyl groups is 2. The number of aromatic nitrogens is 1. The molecule has 2 bridgehead atoms. The van der Waals surface area contributed by atoms with E-state index in [0.29, 0.717) is 12.2 Å². The average Bonchev–Trinajstić information content (AvgIpc) is 3.73. The molecule has 15 heteroatoms. The molecule has 2 amide bonds. The Balaban J connectivity index is 1.38. The fourth-order valence-electron chi connectivity index (χ4n) is 8.92. The highest BCUT2D eigenvalue weighted by molar-refractivity contribution is 8.01. The Hall–Kier alpha value is -4.05. The number of amides is 2. The Labute approximate surface area is 305 Å². The number of hydrogen-bond donors (Lipinski definition) is 7. The van der Waals surface area contributed by atoms with Crippen molar-refractivity contribution >= 4 is 41.5 Å². The molecule has 1 aliphatic heterocycles. The van der Waals surface area contributed by atoms with Gasteiger partial charge in [-0.05, 0) is 67.2 Å². The van der Waals surface area contributed by atoms with E-state index in [1.54, 1.807) is 12.4 Å². The zero-order valence-corrected chi connectivity index (χ0v) is 29.7. The van der Waals surface area contributed by atoms with Gasteiger partial charge in [-0.1, -0.05) is 55.9 Å². The van der Waals surface area contributed by atoms with Crippen molar-refractivity contribution in [3.63, 3.8) is 0 Å². The molecule has 0 radical (unpaired) electrons. The van der Waals surface area contributed by atoms with Crippen LogP contribution in [0.25, 0.3) is 0 Å². The number of rotatable bonds is 13. The topological polar surface area (TPSA) is 238 Å². The van der Waals surface area contributed by atoms with Crippen molar-refractivity contribution in [2.75, 3.05) is 5.75 Å². The Morgan fingerprint density at radius 3 is 2.37 bits per heavy atom. The molecular formula is C37H46N4O10S. The second kappa shape index (κ2) is 14.8. The lowest BCUT2D eigenvalue weighted by Crippen LogP contribution is -2.55. The minimum atomic E-state index is -2.68. The lowest BCUT2D eigenvalue weighted by atomic mass is 9.56. The van der Waals surface area contributed by atoms with Crippen LogP contribution in [0.15, 0.2) is 59.7 Å². The third kappa shape index (κ3) is 7.15. The first-order valence-corrected chi connectivity index (χ1v) is 18.8. The number of aliphatic hydroxyl groups excluding tert-OH is 1. The summed E-state index contributed by atoms with van der Waals surface area (Å²) in [5.41, 5.74) is 5.13. The summed E-state index contributed by atoms with van der Waals surface area (Å²) in [5.74, 6) is -5.66. The Kier molecular flexibility index (Phi) is 10.7. The first-order chi connectivity index (χ1) is 24.7. The van der Waals surface area contributed by atoms with Gasteiger partial charge in [0.15, 0.2) is 0 Å². The average molecular weight is 739 g/mol. The van der Waals surface area contributed by atoms with E-state index in [1.807, 2.05) is 23.5 Å². The maximum atomic E-state index is 14.0. The Morgan fingerprint density at radius 1 is 1.02 bits per heavy atom. The standard InChI is InChI=1S/C37H46N4O10S/c38-37(50,33(48)49)13-6-26(42)40-25(29(43)41-30(44)31(45)46)21-52-36-15-14-34(9-2-1-3-10-35(36)11-4-5-12-35)20-23(18-22-7-16-39-17-8-22)19-24-27(34)28(36)51-32(24)47/h7-8,14-17,19,24-25,30,44,50H,1-6,9-13,18,20-21,38H2,(H,40,42)(H,41,43)(H,45,46)(H,48,49)/t24-,25-,30-,34-,36+,37+/m0/s1. The van der Waals surface area contributed by atoms with Gasteiger partial charge in [-0.25, -0.2) is 9.59 Å². The number of carboxylic acid groups (broad SMARTS) is 2. The van der Waals surface area contributed by atoms with Crippen LogP contribution in [0.3, 0.4) is 0 Å². The number of nitrogens with zero attached hydrogens (tertiary/aromatic N) is 1.